The number of aliphatic hydroxyl groups excluding tert-OH is 1. The van der Waals surface area contributed by atoms with Crippen LogP contribution in [-0.4, -0.2) is 98.9 Å². The zero-order valence-electron chi connectivity index (χ0n) is 35.2. The minimum absolute atomic E-state index is 0.0828. The first kappa shape index (κ1) is 46.6. The highest BCUT2D eigenvalue weighted by Gasteiger charge is 2.23. The molecule has 66 heavy (non-hydrogen) atoms. The lowest BCUT2D eigenvalue weighted by atomic mass is 10.0. The molecule has 0 spiro atoms. The zero-order chi connectivity index (χ0) is 47.2. The molecule has 0 unspecified atom stereocenters. The molecule has 2 atom stereocenters. The second-order valence-corrected chi connectivity index (χ2v) is 18.8. The smallest absolute Gasteiger partial charge is 0.254 e. The summed E-state index contributed by atoms with van der Waals surface area (Å²) in [4.78, 5) is 42.4. The summed E-state index contributed by atoms with van der Waals surface area (Å²) < 4.78 is 77.1. The van der Waals surface area contributed by atoms with Gasteiger partial charge >= 0.3 is 0 Å². The van der Waals surface area contributed by atoms with Gasteiger partial charge in [0, 0.05) is 54.7 Å². The average molecular weight is 938 g/mol. The van der Waals surface area contributed by atoms with Crippen molar-refractivity contribution >= 4 is 53.3 Å². The third-order valence-electron chi connectivity index (χ3n) is 10.2. The highest BCUT2D eigenvalue weighted by atomic mass is 32.2. The molecule has 8 rings (SSSR count). The van der Waals surface area contributed by atoms with E-state index in [9.17, 15) is 40.3 Å². The summed E-state index contributed by atoms with van der Waals surface area (Å²) in [5, 5.41) is 24.8. The molecule has 0 radical (unpaired) electrons. The van der Waals surface area contributed by atoms with E-state index in [4.69, 9.17) is 5.73 Å². The lowest BCUT2D eigenvalue weighted by Gasteiger charge is -2.19. The monoisotopic (exact) mass is 937 g/mol. The van der Waals surface area contributed by atoms with E-state index in [0.29, 0.717) is 56.3 Å². The fourth-order valence-corrected chi connectivity index (χ4v) is 8.13. The standard InChI is InChI=1S/C22H21FN6O3S.C22H20FN5O4S/c1-33(31,32)21-10-14(7-9-26-21)19(6-8-24)28-22(30)18-11-25-13-20-17(18)12-27-29(20)16-4-2-15(23)3-5-16;1-33(31,32)21-10-14(6-8-25-21)19(7-9-29)27-22(30)18-11-24-13-20-17(18)12-26-28(20)16-4-2-15(23)3-5-16/h2-5,7,9-13,19H,6,8,24H2,1H3,(H,28,30);2-6,8,10-13,19,29H,7,9H2,1H3,(H,27,30)/t2*19-/m00/s1. The Balaban J connectivity index is 0.000000196. The van der Waals surface area contributed by atoms with Gasteiger partial charge in [-0.15, -0.1) is 0 Å². The molecule has 2 aromatic carbocycles. The zero-order valence-corrected chi connectivity index (χ0v) is 36.8. The Bertz CT molecular complexity index is 3060. The maximum Gasteiger partial charge on any atom is 0.254 e. The highest BCUT2D eigenvalue weighted by Crippen LogP contribution is 2.26. The first-order chi connectivity index (χ1) is 31.5. The molecule has 0 saturated carbocycles. The van der Waals surface area contributed by atoms with Crippen molar-refractivity contribution in [1.82, 2.24) is 50.1 Å². The third kappa shape index (κ3) is 10.6. The molecule has 5 N–H and O–H groups in total. The van der Waals surface area contributed by atoms with Crippen molar-refractivity contribution < 1.29 is 40.3 Å². The molecular formula is C44H41F2N11O7S2. The number of amides is 2. The summed E-state index contributed by atoms with van der Waals surface area (Å²) in [5.41, 5.74) is 9.71. The lowest BCUT2D eigenvalue weighted by Crippen LogP contribution is -2.30. The summed E-state index contributed by atoms with van der Waals surface area (Å²) in [6, 6.07) is 16.4. The molecule has 22 heteroatoms. The minimum atomic E-state index is -3.54. The molecule has 6 heterocycles. The number of nitrogens with one attached hydrogen (secondary N) is 2. The van der Waals surface area contributed by atoms with Crippen LogP contribution < -0.4 is 16.4 Å². The van der Waals surface area contributed by atoms with Crippen molar-refractivity contribution in [2.24, 2.45) is 5.73 Å². The van der Waals surface area contributed by atoms with Gasteiger partial charge in [-0.25, -0.2) is 44.9 Å². The van der Waals surface area contributed by atoms with Crippen molar-refractivity contribution in [2.45, 2.75) is 35.0 Å². The van der Waals surface area contributed by atoms with Crippen LogP contribution in [0.15, 0.2) is 132 Å². The predicted molar refractivity (Wildman–Crippen MR) is 238 cm³/mol. The quantitative estimate of drug-likeness (QED) is 0.118. The molecule has 0 fully saturated rings. The fourth-order valence-electron chi connectivity index (χ4n) is 6.92. The molecular weight excluding hydrogens is 897 g/mol. The molecule has 2 amide bonds. The number of hydrogen-bond donors (Lipinski definition) is 4. The summed E-state index contributed by atoms with van der Waals surface area (Å²) in [5.74, 6) is -1.63. The molecule has 0 aliphatic rings. The number of carbonyl (C=O) groups is 2. The van der Waals surface area contributed by atoms with Crippen LogP contribution in [0.4, 0.5) is 8.78 Å². The van der Waals surface area contributed by atoms with Gasteiger partial charge in [-0.3, -0.25) is 19.6 Å². The fraction of sp³-hybridized carbons (Fsp3) is 0.182. The summed E-state index contributed by atoms with van der Waals surface area (Å²) in [6.45, 7) is 0.0405. The van der Waals surface area contributed by atoms with Crippen LogP contribution in [0.1, 0.15) is 56.8 Å². The first-order valence-corrected chi connectivity index (χ1v) is 23.7. The van der Waals surface area contributed by atoms with Crippen LogP contribution in [0.5, 0.6) is 0 Å². The average Bonchev–Trinajstić information content (AvgIpc) is 3.94. The maximum absolute atomic E-state index is 13.3. The number of fused-ring (bicyclic) bond motifs is 2. The lowest BCUT2D eigenvalue weighted by molar-refractivity contribution is 0.0924. The van der Waals surface area contributed by atoms with E-state index in [1.165, 1.54) is 67.4 Å². The van der Waals surface area contributed by atoms with Gasteiger partial charge in [0.05, 0.1) is 70.4 Å². The molecule has 340 valence electrons. The molecule has 0 bridgehead atoms. The largest absolute Gasteiger partial charge is 0.396 e. The summed E-state index contributed by atoms with van der Waals surface area (Å²) >= 11 is 0. The van der Waals surface area contributed by atoms with Crippen molar-refractivity contribution in [1.29, 1.82) is 0 Å². The van der Waals surface area contributed by atoms with E-state index in [0.717, 1.165) is 12.5 Å². The van der Waals surface area contributed by atoms with Gasteiger partial charge in [-0.1, -0.05) is 0 Å². The molecule has 18 nitrogen and oxygen atoms in total. The Morgan fingerprint density at radius 2 is 1.05 bits per heavy atom. The van der Waals surface area contributed by atoms with Crippen LogP contribution >= 0.6 is 0 Å². The summed E-state index contributed by atoms with van der Waals surface area (Å²) in [6.07, 6.45) is 14.4. The predicted octanol–water partition coefficient (Wildman–Crippen LogP) is 4.39. The second kappa shape index (κ2) is 19.8. The number of carbonyl (C=O) groups excluding carboxylic acids is 2. The third-order valence-corrected chi connectivity index (χ3v) is 12.2. The van der Waals surface area contributed by atoms with Crippen molar-refractivity contribution in [3.63, 3.8) is 0 Å². The Labute approximate surface area is 376 Å². The number of aromatic nitrogens is 8. The van der Waals surface area contributed by atoms with E-state index < -0.39 is 43.6 Å². The van der Waals surface area contributed by atoms with E-state index in [1.807, 2.05) is 0 Å². The summed E-state index contributed by atoms with van der Waals surface area (Å²) in [7, 11) is -7.05. The Kier molecular flexibility index (Phi) is 14.0. The van der Waals surface area contributed by atoms with Crippen LogP contribution in [0, 0.1) is 11.6 Å². The van der Waals surface area contributed by atoms with E-state index >= 15 is 0 Å². The van der Waals surface area contributed by atoms with Crippen LogP contribution in [0.25, 0.3) is 33.2 Å². The van der Waals surface area contributed by atoms with Gasteiger partial charge in [0.2, 0.25) is 0 Å². The number of hydrogen-bond acceptors (Lipinski definition) is 14. The normalized spacial score (nSPS) is 12.6. The number of benzene rings is 2. The Morgan fingerprint density at radius 3 is 1.42 bits per heavy atom. The van der Waals surface area contributed by atoms with Crippen LogP contribution in [0.3, 0.4) is 0 Å². The van der Waals surface area contributed by atoms with E-state index in [-0.39, 0.29) is 46.8 Å². The molecule has 6 aromatic heterocycles. The molecule has 8 aromatic rings. The van der Waals surface area contributed by atoms with Crippen LogP contribution in [0.2, 0.25) is 0 Å². The van der Waals surface area contributed by atoms with Crippen molar-refractivity contribution in [2.75, 3.05) is 25.7 Å². The number of rotatable bonds is 14. The van der Waals surface area contributed by atoms with Crippen LogP contribution in [-0.2, 0) is 19.7 Å². The molecule has 0 aliphatic carbocycles. The Morgan fingerprint density at radius 1 is 0.636 bits per heavy atom. The molecule has 0 aliphatic heterocycles. The van der Waals surface area contributed by atoms with Gasteiger partial charge in [0.1, 0.15) is 11.6 Å². The first-order valence-electron chi connectivity index (χ1n) is 20.0. The molecule has 0 saturated heterocycles. The number of nitrogens with two attached hydrogens (primary N) is 1. The topological polar surface area (TPSA) is 260 Å². The number of sulfone groups is 2. The van der Waals surface area contributed by atoms with Gasteiger partial charge in [0.25, 0.3) is 11.8 Å². The minimum Gasteiger partial charge on any atom is -0.396 e. The number of nitrogens with zero attached hydrogens (tertiary/aromatic N) is 8. The van der Waals surface area contributed by atoms with Crippen molar-refractivity contribution in [3.05, 3.63) is 156 Å². The van der Waals surface area contributed by atoms with Gasteiger partial charge < -0.3 is 21.5 Å². The van der Waals surface area contributed by atoms with E-state index in [1.54, 1.807) is 64.4 Å². The maximum atomic E-state index is 13.3. The second-order valence-electron chi connectivity index (χ2n) is 14.8. The SMILES string of the molecule is CS(=O)(=O)c1cc([C@H](CCN)NC(=O)c2cncc3c2cnn3-c2ccc(F)cc2)ccn1.CS(=O)(=O)c1cc([C@H](CCO)NC(=O)c2cncc3c2cnn3-c2ccc(F)cc2)ccn1. The van der Waals surface area contributed by atoms with Crippen molar-refractivity contribution in [3.8, 4) is 11.4 Å². The number of pyridine rings is 4. The van der Waals surface area contributed by atoms with E-state index in [2.05, 4.69) is 40.8 Å². The van der Waals surface area contributed by atoms with Gasteiger partial charge in [0.15, 0.2) is 29.7 Å². The Hall–Kier alpha value is -7.40. The number of aliphatic hydroxyl groups is 1. The highest BCUT2D eigenvalue weighted by molar-refractivity contribution is 7.90. The van der Waals surface area contributed by atoms with Gasteiger partial charge in [-0.05, 0) is 103 Å². The van der Waals surface area contributed by atoms with Gasteiger partial charge in [-0.2, -0.15) is 10.2 Å². The number of halogens is 2.